The molecule has 0 saturated heterocycles. The number of rotatable bonds is 2. The van der Waals surface area contributed by atoms with Gasteiger partial charge in [0.05, 0.1) is 13.0 Å². The summed E-state index contributed by atoms with van der Waals surface area (Å²) in [5.41, 5.74) is 0.759. The van der Waals surface area contributed by atoms with E-state index in [4.69, 9.17) is 23.2 Å². The second-order valence-corrected chi connectivity index (χ2v) is 3.82. The zero-order valence-corrected chi connectivity index (χ0v) is 9.39. The van der Waals surface area contributed by atoms with Crippen LogP contribution in [0.2, 0.25) is 10.0 Å². The maximum Gasteiger partial charge on any atom is 0.312 e. The molecule has 1 aromatic carbocycles. The average molecular weight is 233 g/mol. The molecule has 76 valence electrons. The van der Waals surface area contributed by atoms with Gasteiger partial charge in [0, 0.05) is 10.0 Å². The van der Waals surface area contributed by atoms with Crippen molar-refractivity contribution in [3.05, 3.63) is 33.8 Å². The van der Waals surface area contributed by atoms with Gasteiger partial charge in [0.15, 0.2) is 0 Å². The van der Waals surface area contributed by atoms with Crippen LogP contribution < -0.4 is 0 Å². The van der Waals surface area contributed by atoms with Gasteiger partial charge < -0.3 is 4.74 Å². The Labute approximate surface area is 92.8 Å². The lowest BCUT2D eigenvalue weighted by Gasteiger charge is -2.09. The Kier molecular flexibility index (Phi) is 3.78. The number of benzene rings is 1. The van der Waals surface area contributed by atoms with Crippen LogP contribution in [0.5, 0.6) is 0 Å². The summed E-state index contributed by atoms with van der Waals surface area (Å²) in [5, 5.41) is 1.03. The predicted octanol–water partition coefficient (Wildman–Crippen LogP) is 3.27. The Hall–Kier alpha value is -0.730. The fourth-order valence-corrected chi connectivity index (χ4v) is 1.68. The molecule has 1 rings (SSSR count). The lowest BCUT2D eigenvalue weighted by atomic mass is 10.0. The van der Waals surface area contributed by atoms with Crippen LogP contribution in [0.3, 0.4) is 0 Å². The minimum Gasteiger partial charge on any atom is -0.469 e. The molecule has 2 nitrogen and oxygen atoms in total. The van der Waals surface area contributed by atoms with Crippen molar-refractivity contribution >= 4 is 29.2 Å². The number of hydrogen-bond donors (Lipinski definition) is 0. The Morgan fingerprint density at radius 3 is 2.21 bits per heavy atom. The van der Waals surface area contributed by atoms with Crippen molar-refractivity contribution in [2.75, 3.05) is 7.11 Å². The molecule has 0 aliphatic carbocycles. The van der Waals surface area contributed by atoms with Crippen LogP contribution in [0.15, 0.2) is 18.2 Å². The van der Waals surface area contributed by atoms with Gasteiger partial charge in [-0.2, -0.15) is 0 Å². The van der Waals surface area contributed by atoms with E-state index in [0.717, 1.165) is 5.56 Å². The van der Waals surface area contributed by atoms with Gasteiger partial charge in [-0.05, 0) is 30.7 Å². The maximum atomic E-state index is 11.2. The summed E-state index contributed by atoms with van der Waals surface area (Å²) in [7, 11) is 1.35. The van der Waals surface area contributed by atoms with Crippen molar-refractivity contribution in [3.8, 4) is 0 Å². The van der Waals surface area contributed by atoms with E-state index in [1.807, 2.05) is 0 Å². The van der Waals surface area contributed by atoms with E-state index >= 15 is 0 Å². The van der Waals surface area contributed by atoms with E-state index in [2.05, 4.69) is 4.74 Å². The van der Waals surface area contributed by atoms with Crippen LogP contribution >= 0.6 is 23.2 Å². The van der Waals surface area contributed by atoms with Crippen molar-refractivity contribution in [2.45, 2.75) is 12.8 Å². The third-order valence-corrected chi connectivity index (χ3v) is 2.38. The van der Waals surface area contributed by atoms with Gasteiger partial charge in [0.1, 0.15) is 0 Å². The third-order valence-electron chi connectivity index (χ3n) is 1.94. The molecule has 0 aliphatic rings. The molecule has 0 N–H and O–H groups in total. The van der Waals surface area contributed by atoms with Crippen molar-refractivity contribution < 1.29 is 9.53 Å². The van der Waals surface area contributed by atoms with Crippen molar-refractivity contribution in [1.29, 1.82) is 0 Å². The SMILES string of the molecule is COC(=O)C(C)c1cc(Cl)cc(Cl)c1. The van der Waals surface area contributed by atoms with Gasteiger partial charge in [0.25, 0.3) is 0 Å². The lowest BCUT2D eigenvalue weighted by Crippen LogP contribution is -2.10. The molecular formula is C10H10Cl2O2. The molecule has 0 spiro atoms. The first kappa shape index (κ1) is 11.3. The molecule has 1 unspecified atom stereocenters. The Balaban J connectivity index is 3.00. The van der Waals surface area contributed by atoms with Gasteiger partial charge >= 0.3 is 5.97 Å². The fourth-order valence-electron chi connectivity index (χ4n) is 1.14. The monoisotopic (exact) mass is 232 g/mol. The van der Waals surface area contributed by atoms with Crippen LogP contribution in [-0.2, 0) is 9.53 Å². The summed E-state index contributed by atoms with van der Waals surface area (Å²) in [6, 6.07) is 5.03. The van der Waals surface area contributed by atoms with Crippen LogP contribution in [0.4, 0.5) is 0 Å². The number of methoxy groups -OCH3 is 1. The standard InChI is InChI=1S/C10H10Cl2O2/c1-6(10(13)14-2)7-3-8(11)5-9(12)4-7/h3-6H,1-2H3. The third kappa shape index (κ3) is 2.63. The fraction of sp³-hybridized carbons (Fsp3) is 0.300. The smallest absolute Gasteiger partial charge is 0.312 e. The molecule has 0 fully saturated rings. The number of carbonyl (C=O) groups is 1. The normalized spacial score (nSPS) is 12.3. The van der Waals surface area contributed by atoms with Crippen LogP contribution in [0.25, 0.3) is 0 Å². The van der Waals surface area contributed by atoms with Gasteiger partial charge in [0.2, 0.25) is 0 Å². The van der Waals surface area contributed by atoms with Gasteiger partial charge in [-0.1, -0.05) is 23.2 Å². The topological polar surface area (TPSA) is 26.3 Å². The summed E-state index contributed by atoms with van der Waals surface area (Å²) in [6.45, 7) is 1.74. The van der Waals surface area contributed by atoms with E-state index < -0.39 is 0 Å². The maximum absolute atomic E-state index is 11.2. The highest BCUT2D eigenvalue weighted by atomic mass is 35.5. The minimum absolute atomic E-state index is 0.302. The van der Waals surface area contributed by atoms with Crippen LogP contribution in [-0.4, -0.2) is 13.1 Å². The Morgan fingerprint density at radius 2 is 1.79 bits per heavy atom. The highest BCUT2D eigenvalue weighted by Gasteiger charge is 2.16. The minimum atomic E-state index is -0.351. The number of hydrogen-bond acceptors (Lipinski definition) is 2. The average Bonchev–Trinajstić information content (AvgIpc) is 2.14. The van der Waals surface area contributed by atoms with Crippen molar-refractivity contribution in [3.63, 3.8) is 0 Å². The zero-order valence-electron chi connectivity index (χ0n) is 7.88. The van der Waals surface area contributed by atoms with E-state index in [1.54, 1.807) is 25.1 Å². The summed E-state index contributed by atoms with van der Waals surface area (Å²) in [6.07, 6.45) is 0. The van der Waals surface area contributed by atoms with Gasteiger partial charge in [-0.3, -0.25) is 4.79 Å². The summed E-state index contributed by atoms with van der Waals surface area (Å²) in [5.74, 6) is -0.653. The van der Waals surface area contributed by atoms with Gasteiger partial charge in [-0.25, -0.2) is 0 Å². The molecule has 0 radical (unpaired) electrons. The van der Waals surface area contributed by atoms with E-state index in [1.165, 1.54) is 7.11 Å². The zero-order chi connectivity index (χ0) is 10.7. The molecule has 0 aromatic heterocycles. The van der Waals surface area contributed by atoms with E-state index in [9.17, 15) is 4.79 Å². The first-order valence-electron chi connectivity index (χ1n) is 4.08. The van der Waals surface area contributed by atoms with Crippen molar-refractivity contribution in [1.82, 2.24) is 0 Å². The van der Waals surface area contributed by atoms with E-state index in [0.29, 0.717) is 10.0 Å². The number of halogens is 2. The Bertz CT molecular complexity index is 330. The lowest BCUT2D eigenvalue weighted by molar-refractivity contribution is -0.141. The molecule has 0 aliphatic heterocycles. The molecular weight excluding hydrogens is 223 g/mol. The molecule has 1 atom stereocenters. The molecule has 1 aromatic rings. The van der Waals surface area contributed by atoms with Gasteiger partial charge in [-0.15, -0.1) is 0 Å². The molecule has 0 amide bonds. The number of carbonyl (C=O) groups excluding carboxylic acids is 1. The molecule has 14 heavy (non-hydrogen) atoms. The first-order valence-corrected chi connectivity index (χ1v) is 4.84. The largest absolute Gasteiger partial charge is 0.469 e. The Morgan fingerprint density at radius 1 is 1.29 bits per heavy atom. The van der Waals surface area contributed by atoms with Crippen molar-refractivity contribution in [2.24, 2.45) is 0 Å². The van der Waals surface area contributed by atoms with Crippen LogP contribution in [0.1, 0.15) is 18.4 Å². The van der Waals surface area contributed by atoms with E-state index in [-0.39, 0.29) is 11.9 Å². The summed E-state index contributed by atoms with van der Waals surface area (Å²) >= 11 is 11.6. The highest BCUT2D eigenvalue weighted by molar-refractivity contribution is 6.34. The number of esters is 1. The summed E-state index contributed by atoms with van der Waals surface area (Å²) in [4.78, 5) is 11.2. The predicted molar refractivity (Wildman–Crippen MR) is 56.9 cm³/mol. The highest BCUT2D eigenvalue weighted by Crippen LogP contribution is 2.25. The van der Waals surface area contributed by atoms with Crippen LogP contribution in [0, 0.1) is 0 Å². The molecule has 0 bridgehead atoms. The second kappa shape index (κ2) is 4.67. The number of ether oxygens (including phenoxy) is 1. The quantitative estimate of drug-likeness (QED) is 0.732. The summed E-state index contributed by atoms with van der Waals surface area (Å²) < 4.78 is 4.62. The molecule has 0 heterocycles. The molecule has 0 saturated carbocycles. The second-order valence-electron chi connectivity index (χ2n) is 2.95. The first-order chi connectivity index (χ1) is 6.54. The molecule has 4 heteroatoms.